The Hall–Kier alpha value is -0.710. The van der Waals surface area contributed by atoms with Gasteiger partial charge in [-0.3, -0.25) is 20.7 Å². The van der Waals surface area contributed by atoms with Crippen LogP contribution in [0, 0.1) is 0 Å². The predicted octanol–water partition coefficient (Wildman–Crippen LogP) is -0.845. The molecule has 1 rings (SSSR count). The van der Waals surface area contributed by atoms with Crippen LogP contribution in [0.4, 0.5) is 0 Å². The van der Waals surface area contributed by atoms with Crippen molar-refractivity contribution in [3.8, 4) is 0 Å². The van der Waals surface area contributed by atoms with Gasteiger partial charge in [0.05, 0.1) is 0 Å². The number of rotatable bonds is 2. The summed E-state index contributed by atoms with van der Waals surface area (Å²) in [5.74, 6) is 0.0338. The molecule has 4 nitrogen and oxygen atoms in total. The Balaban J connectivity index is 2.45. The molecule has 3 N–H and O–H groups in total. The molecule has 1 aliphatic rings. The molecule has 0 saturated carbocycles. The van der Waals surface area contributed by atoms with Crippen LogP contribution in [0.15, 0.2) is 12.2 Å². The second-order valence-corrected chi connectivity index (χ2v) is 2.59. The van der Waals surface area contributed by atoms with Crippen LogP contribution < -0.4 is 16.0 Å². The van der Waals surface area contributed by atoms with Crippen molar-refractivity contribution in [1.29, 1.82) is 0 Å². The first-order chi connectivity index (χ1) is 5.22. The van der Waals surface area contributed by atoms with E-state index in [-0.39, 0.29) is 11.9 Å². The first-order valence-corrected chi connectivity index (χ1v) is 3.59. The second-order valence-electron chi connectivity index (χ2n) is 2.59. The van der Waals surface area contributed by atoms with Gasteiger partial charge >= 0.3 is 0 Å². The molecule has 62 valence electrons. The van der Waals surface area contributed by atoms with Gasteiger partial charge in [-0.2, -0.15) is 0 Å². The van der Waals surface area contributed by atoms with E-state index >= 15 is 0 Å². The Morgan fingerprint density at radius 2 is 2.00 bits per heavy atom. The third-order valence-electron chi connectivity index (χ3n) is 1.55. The molecule has 0 unspecified atom stereocenters. The maximum Gasteiger partial charge on any atom is 0.189 e. The van der Waals surface area contributed by atoms with Gasteiger partial charge in [-0.1, -0.05) is 6.58 Å². The van der Waals surface area contributed by atoms with Crippen molar-refractivity contribution in [3.63, 3.8) is 0 Å². The third kappa shape index (κ3) is 2.11. The highest BCUT2D eigenvalue weighted by Gasteiger charge is 2.19. The lowest BCUT2D eigenvalue weighted by atomic mass is 10.2. The minimum Gasteiger partial charge on any atom is -0.292 e. The first-order valence-electron chi connectivity index (χ1n) is 3.59. The summed E-state index contributed by atoms with van der Waals surface area (Å²) in [5.41, 5.74) is 0.580. The summed E-state index contributed by atoms with van der Waals surface area (Å²) in [6.45, 7) is 6.62. The fraction of sp³-hybridized carbons (Fsp3) is 0.571. The van der Waals surface area contributed by atoms with Crippen molar-refractivity contribution < 1.29 is 4.79 Å². The van der Waals surface area contributed by atoms with Crippen LogP contribution in [-0.4, -0.2) is 25.3 Å². The summed E-state index contributed by atoms with van der Waals surface area (Å²) < 4.78 is 0. The highest BCUT2D eigenvalue weighted by molar-refractivity contribution is 5.98. The van der Waals surface area contributed by atoms with Gasteiger partial charge in [-0.15, -0.1) is 0 Å². The molecule has 0 aliphatic carbocycles. The number of hydrogen-bond acceptors (Lipinski definition) is 4. The SMILES string of the molecule is C=C(C)C(=O)C1NCNCN1. The maximum absolute atomic E-state index is 11.2. The average Bonchev–Trinajstić information content (AvgIpc) is 2.05. The number of Topliss-reactive ketones (excluding diaryl/α,β-unsaturated/α-hetero) is 1. The van der Waals surface area contributed by atoms with Crippen molar-refractivity contribution in [1.82, 2.24) is 16.0 Å². The molecule has 0 amide bonds. The molecule has 1 saturated heterocycles. The quantitative estimate of drug-likeness (QED) is 0.455. The summed E-state index contributed by atoms with van der Waals surface area (Å²) in [4.78, 5) is 11.2. The number of carbonyl (C=O) groups is 1. The molecule has 1 heterocycles. The van der Waals surface area contributed by atoms with Gasteiger partial charge in [0.15, 0.2) is 5.78 Å². The fourth-order valence-electron chi connectivity index (χ4n) is 0.915. The van der Waals surface area contributed by atoms with Gasteiger partial charge in [0.1, 0.15) is 6.17 Å². The summed E-state index contributed by atoms with van der Waals surface area (Å²) in [6, 6.07) is 0. The predicted molar refractivity (Wildman–Crippen MR) is 42.8 cm³/mol. The number of carbonyl (C=O) groups excluding carboxylic acids is 1. The smallest absolute Gasteiger partial charge is 0.189 e. The highest BCUT2D eigenvalue weighted by Crippen LogP contribution is 1.94. The molecule has 4 heteroatoms. The summed E-state index contributed by atoms with van der Waals surface area (Å²) in [5, 5.41) is 8.94. The van der Waals surface area contributed by atoms with E-state index in [2.05, 4.69) is 22.5 Å². The van der Waals surface area contributed by atoms with Gasteiger partial charge in [-0.25, -0.2) is 0 Å². The van der Waals surface area contributed by atoms with Crippen LogP contribution in [0.25, 0.3) is 0 Å². The van der Waals surface area contributed by atoms with E-state index in [4.69, 9.17) is 0 Å². The van der Waals surface area contributed by atoms with Crippen molar-refractivity contribution in [2.24, 2.45) is 0 Å². The third-order valence-corrected chi connectivity index (χ3v) is 1.55. The first kappa shape index (κ1) is 8.39. The van der Waals surface area contributed by atoms with E-state index in [0.29, 0.717) is 18.9 Å². The van der Waals surface area contributed by atoms with Crippen LogP contribution in [0.1, 0.15) is 6.92 Å². The van der Waals surface area contributed by atoms with Crippen LogP contribution >= 0.6 is 0 Å². The zero-order valence-corrected chi connectivity index (χ0v) is 6.61. The van der Waals surface area contributed by atoms with Crippen molar-refractivity contribution in [2.75, 3.05) is 13.3 Å². The topological polar surface area (TPSA) is 53.2 Å². The summed E-state index contributed by atoms with van der Waals surface area (Å²) >= 11 is 0. The van der Waals surface area contributed by atoms with Gasteiger partial charge in [0.2, 0.25) is 0 Å². The van der Waals surface area contributed by atoms with Gasteiger partial charge in [0.25, 0.3) is 0 Å². The normalized spacial score (nSPS) is 19.7. The van der Waals surface area contributed by atoms with Crippen molar-refractivity contribution in [2.45, 2.75) is 13.1 Å². The molecular formula is C7H13N3O. The monoisotopic (exact) mass is 155 g/mol. The van der Waals surface area contributed by atoms with Crippen LogP contribution in [-0.2, 0) is 4.79 Å². The molecule has 0 spiro atoms. The van der Waals surface area contributed by atoms with E-state index < -0.39 is 0 Å². The summed E-state index contributed by atoms with van der Waals surface area (Å²) in [7, 11) is 0. The Morgan fingerprint density at radius 1 is 1.45 bits per heavy atom. The summed E-state index contributed by atoms with van der Waals surface area (Å²) in [6.07, 6.45) is -0.256. The van der Waals surface area contributed by atoms with E-state index in [1.807, 2.05) is 0 Å². The largest absolute Gasteiger partial charge is 0.292 e. The van der Waals surface area contributed by atoms with Crippen molar-refractivity contribution in [3.05, 3.63) is 12.2 Å². The fourth-order valence-corrected chi connectivity index (χ4v) is 0.915. The Labute approximate surface area is 66.0 Å². The Kier molecular flexibility index (Phi) is 2.76. The van der Waals surface area contributed by atoms with Gasteiger partial charge in [-0.05, 0) is 12.5 Å². The molecule has 0 atom stereocenters. The molecule has 0 radical (unpaired) electrons. The van der Waals surface area contributed by atoms with Crippen molar-refractivity contribution >= 4 is 5.78 Å². The van der Waals surface area contributed by atoms with Crippen LogP contribution in [0.5, 0.6) is 0 Å². The maximum atomic E-state index is 11.2. The minimum absolute atomic E-state index is 0.0338. The van der Waals surface area contributed by atoms with E-state index in [1.165, 1.54) is 0 Å². The van der Waals surface area contributed by atoms with Gasteiger partial charge in [0, 0.05) is 13.3 Å². The van der Waals surface area contributed by atoms with E-state index in [9.17, 15) is 4.79 Å². The molecule has 0 aromatic heterocycles. The number of hydrogen-bond donors (Lipinski definition) is 3. The molecule has 1 aliphatic heterocycles. The van der Waals surface area contributed by atoms with Gasteiger partial charge < -0.3 is 0 Å². The second kappa shape index (κ2) is 3.61. The molecule has 1 fully saturated rings. The zero-order valence-electron chi connectivity index (χ0n) is 6.61. The highest BCUT2D eigenvalue weighted by atomic mass is 16.1. The van der Waals surface area contributed by atoms with Crippen LogP contribution in [0.2, 0.25) is 0 Å². The molecular weight excluding hydrogens is 142 g/mol. The Bertz CT molecular complexity index is 173. The van der Waals surface area contributed by atoms with E-state index in [0.717, 1.165) is 0 Å². The lowest BCUT2D eigenvalue weighted by molar-refractivity contribution is -0.118. The zero-order chi connectivity index (χ0) is 8.27. The lowest BCUT2D eigenvalue weighted by Crippen LogP contribution is -2.59. The Morgan fingerprint density at radius 3 is 2.45 bits per heavy atom. The van der Waals surface area contributed by atoms with Crippen LogP contribution in [0.3, 0.4) is 0 Å². The average molecular weight is 155 g/mol. The molecule has 0 bridgehead atoms. The minimum atomic E-state index is -0.256. The van der Waals surface area contributed by atoms with E-state index in [1.54, 1.807) is 6.92 Å². The molecule has 11 heavy (non-hydrogen) atoms. The standard InChI is InChI=1S/C7H13N3O/c1-5(2)6(11)7-9-3-8-4-10-7/h7-10H,1,3-4H2,2H3. The lowest BCUT2D eigenvalue weighted by Gasteiger charge is -2.24. The molecule has 0 aromatic carbocycles. The number of ketones is 1. The number of nitrogens with one attached hydrogen (secondary N) is 3. The molecule has 0 aromatic rings.